The van der Waals surface area contributed by atoms with E-state index >= 15 is 0 Å². The van der Waals surface area contributed by atoms with Gasteiger partial charge >= 0.3 is 0 Å². The Morgan fingerprint density at radius 2 is 2.31 bits per heavy atom. The molecule has 0 bridgehead atoms. The molecule has 1 aliphatic rings. The van der Waals surface area contributed by atoms with Crippen LogP contribution < -0.4 is 5.73 Å². The van der Waals surface area contributed by atoms with Crippen molar-refractivity contribution < 1.29 is 0 Å². The molecule has 1 rings (SSSR count). The summed E-state index contributed by atoms with van der Waals surface area (Å²) in [5.41, 5.74) is 6.75. The van der Waals surface area contributed by atoms with Crippen molar-refractivity contribution in [2.24, 2.45) is 5.73 Å². The maximum Gasteiger partial charge on any atom is 0.0136 e. The summed E-state index contributed by atoms with van der Waals surface area (Å²) in [6.07, 6.45) is 3.74. The number of rotatable bonds is 4. The van der Waals surface area contributed by atoms with Gasteiger partial charge in [0.05, 0.1) is 0 Å². The van der Waals surface area contributed by atoms with Crippen LogP contribution in [-0.2, 0) is 0 Å². The molecule has 0 aliphatic carbocycles. The summed E-state index contributed by atoms with van der Waals surface area (Å²) >= 11 is 0. The molecule has 1 aliphatic heterocycles. The molecule has 0 spiro atoms. The summed E-state index contributed by atoms with van der Waals surface area (Å²) < 4.78 is 0. The molecule has 0 amide bonds. The van der Waals surface area contributed by atoms with E-state index in [9.17, 15) is 0 Å². The van der Waals surface area contributed by atoms with E-state index in [1.54, 1.807) is 0 Å². The van der Waals surface area contributed by atoms with E-state index < -0.39 is 0 Å². The first-order chi connectivity index (χ1) is 6.15. The predicted octanol–water partition coefficient (Wildman–Crippen LogP) is 1.76. The van der Waals surface area contributed by atoms with Gasteiger partial charge in [-0.05, 0) is 39.7 Å². The van der Waals surface area contributed by atoms with Crippen LogP contribution in [0.4, 0.5) is 0 Å². The van der Waals surface area contributed by atoms with Crippen molar-refractivity contribution in [2.75, 3.05) is 13.1 Å². The minimum absolute atomic E-state index is 0.641. The van der Waals surface area contributed by atoms with Gasteiger partial charge in [-0.15, -0.1) is 0 Å². The summed E-state index contributed by atoms with van der Waals surface area (Å²) in [7, 11) is 0. The lowest BCUT2D eigenvalue weighted by molar-refractivity contribution is 0.202. The highest BCUT2D eigenvalue weighted by Crippen LogP contribution is 2.24. The van der Waals surface area contributed by atoms with Gasteiger partial charge in [-0.2, -0.15) is 0 Å². The van der Waals surface area contributed by atoms with Gasteiger partial charge in [0, 0.05) is 18.6 Å². The molecule has 1 unspecified atom stereocenters. The van der Waals surface area contributed by atoms with Gasteiger partial charge in [-0.25, -0.2) is 0 Å². The molecular weight excluding hydrogens is 160 g/mol. The number of nitrogens with two attached hydrogens (primary N) is 1. The van der Waals surface area contributed by atoms with E-state index in [4.69, 9.17) is 5.73 Å². The number of likely N-dealkylation sites (tertiary alicyclic amines) is 1. The van der Waals surface area contributed by atoms with Crippen LogP contribution in [-0.4, -0.2) is 30.1 Å². The first kappa shape index (κ1) is 10.7. The smallest absolute Gasteiger partial charge is 0.0136 e. The van der Waals surface area contributed by atoms with E-state index in [0.29, 0.717) is 18.6 Å². The lowest BCUT2D eigenvalue weighted by Gasteiger charge is -2.28. The van der Waals surface area contributed by atoms with Gasteiger partial charge in [0.1, 0.15) is 0 Å². The molecule has 0 radical (unpaired) electrons. The molecule has 0 aromatic heterocycles. The van der Waals surface area contributed by atoms with Gasteiger partial charge in [0.2, 0.25) is 0 Å². The molecule has 2 heteroatoms. The van der Waals surface area contributed by atoms with Crippen molar-refractivity contribution in [1.82, 2.24) is 4.90 Å². The summed E-state index contributed by atoms with van der Waals surface area (Å²) in [4.78, 5) is 2.57. The zero-order chi connectivity index (χ0) is 9.84. The molecule has 1 fully saturated rings. The highest BCUT2D eigenvalue weighted by molar-refractivity contribution is 5.01. The first-order valence-corrected chi connectivity index (χ1v) is 5.27. The Bertz CT molecular complexity index is 175. The van der Waals surface area contributed by atoms with Gasteiger partial charge < -0.3 is 5.73 Å². The zero-order valence-electron chi connectivity index (χ0n) is 8.92. The second-order valence-corrected chi connectivity index (χ2v) is 4.29. The van der Waals surface area contributed by atoms with Crippen molar-refractivity contribution in [3.05, 3.63) is 12.2 Å². The lowest BCUT2D eigenvalue weighted by atomic mass is 10.0. The molecule has 0 aromatic carbocycles. The quantitative estimate of drug-likeness (QED) is 0.671. The summed E-state index contributed by atoms with van der Waals surface area (Å²) in [6, 6.07) is 1.37. The molecule has 76 valence electrons. The van der Waals surface area contributed by atoms with Gasteiger partial charge in [-0.1, -0.05) is 12.2 Å². The van der Waals surface area contributed by atoms with Crippen LogP contribution in [0.25, 0.3) is 0 Å². The Balaban J connectivity index is 2.44. The molecule has 13 heavy (non-hydrogen) atoms. The maximum absolute atomic E-state index is 5.55. The van der Waals surface area contributed by atoms with E-state index in [1.165, 1.54) is 25.0 Å². The van der Waals surface area contributed by atoms with E-state index in [-0.39, 0.29) is 0 Å². The minimum Gasteiger partial charge on any atom is -0.327 e. The number of nitrogens with zero attached hydrogens (tertiary/aromatic N) is 1. The highest BCUT2D eigenvalue weighted by atomic mass is 15.2. The second kappa shape index (κ2) is 4.77. The van der Waals surface area contributed by atoms with Crippen LogP contribution >= 0.6 is 0 Å². The molecule has 0 aromatic rings. The van der Waals surface area contributed by atoms with Crippen molar-refractivity contribution in [3.63, 3.8) is 0 Å². The van der Waals surface area contributed by atoms with Crippen molar-refractivity contribution >= 4 is 0 Å². The molecule has 1 saturated heterocycles. The van der Waals surface area contributed by atoms with E-state index in [2.05, 4.69) is 25.3 Å². The van der Waals surface area contributed by atoms with Crippen molar-refractivity contribution in [3.8, 4) is 0 Å². The van der Waals surface area contributed by atoms with Crippen LogP contribution in [0.2, 0.25) is 0 Å². The fourth-order valence-electron chi connectivity index (χ4n) is 2.17. The van der Waals surface area contributed by atoms with Crippen LogP contribution in [0.15, 0.2) is 12.2 Å². The van der Waals surface area contributed by atoms with Gasteiger partial charge in [0.25, 0.3) is 0 Å². The Labute approximate surface area is 81.8 Å². The molecule has 1 heterocycles. The summed E-state index contributed by atoms with van der Waals surface area (Å²) in [5.74, 6) is 0. The third-order valence-corrected chi connectivity index (χ3v) is 2.90. The Kier molecular flexibility index (Phi) is 3.94. The third kappa shape index (κ3) is 2.82. The largest absolute Gasteiger partial charge is 0.327 e. The third-order valence-electron chi connectivity index (χ3n) is 2.90. The fraction of sp³-hybridized carbons (Fsp3) is 0.818. The lowest BCUT2D eigenvalue weighted by Crippen LogP contribution is -2.36. The van der Waals surface area contributed by atoms with Crippen LogP contribution in [0.1, 0.15) is 33.1 Å². The van der Waals surface area contributed by atoms with Gasteiger partial charge in [-0.3, -0.25) is 4.90 Å². The molecular formula is C11H22N2. The van der Waals surface area contributed by atoms with Crippen molar-refractivity contribution in [1.29, 1.82) is 0 Å². The normalized spacial score (nSPS) is 24.2. The topological polar surface area (TPSA) is 29.3 Å². The van der Waals surface area contributed by atoms with Crippen LogP contribution in [0.3, 0.4) is 0 Å². The number of hydrogen-bond acceptors (Lipinski definition) is 2. The average molecular weight is 182 g/mol. The van der Waals surface area contributed by atoms with Crippen molar-refractivity contribution in [2.45, 2.75) is 45.2 Å². The standard InChI is InChI=1S/C11H22N2/c1-9(2)13-6-4-5-11(13)7-10(3)8-12/h9,11H,3-8,12H2,1-2H3. The van der Waals surface area contributed by atoms with Gasteiger partial charge in [0.15, 0.2) is 0 Å². The predicted molar refractivity (Wildman–Crippen MR) is 57.7 cm³/mol. The van der Waals surface area contributed by atoms with E-state index in [1.807, 2.05) is 0 Å². The Morgan fingerprint density at radius 3 is 2.85 bits per heavy atom. The monoisotopic (exact) mass is 182 g/mol. The molecule has 2 N–H and O–H groups in total. The summed E-state index contributed by atoms with van der Waals surface area (Å²) in [6.45, 7) is 10.4. The maximum atomic E-state index is 5.55. The second-order valence-electron chi connectivity index (χ2n) is 4.29. The molecule has 1 atom stereocenters. The molecule has 2 nitrogen and oxygen atoms in total. The zero-order valence-corrected chi connectivity index (χ0v) is 8.92. The molecule has 0 saturated carbocycles. The SMILES string of the molecule is C=C(CN)CC1CCCN1C(C)C. The Hall–Kier alpha value is -0.340. The average Bonchev–Trinajstić information content (AvgIpc) is 2.52. The number of hydrogen-bond donors (Lipinski definition) is 1. The van der Waals surface area contributed by atoms with Crippen LogP contribution in [0, 0.1) is 0 Å². The van der Waals surface area contributed by atoms with Crippen LogP contribution in [0.5, 0.6) is 0 Å². The fourth-order valence-corrected chi connectivity index (χ4v) is 2.17. The van der Waals surface area contributed by atoms with E-state index in [0.717, 1.165) is 6.42 Å². The highest BCUT2D eigenvalue weighted by Gasteiger charge is 2.26. The minimum atomic E-state index is 0.641. The Morgan fingerprint density at radius 1 is 1.62 bits per heavy atom. The first-order valence-electron chi connectivity index (χ1n) is 5.27. The summed E-state index contributed by atoms with van der Waals surface area (Å²) in [5, 5.41) is 0.